The molecule has 6 heteroatoms. The van der Waals surface area contributed by atoms with Gasteiger partial charge in [-0.25, -0.2) is 0 Å². The molecule has 4 nitrogen and oxygen atoms in total. The third-order valence-corrected chi connectivity index (χ3v) is 5.50. The second kappa shape index (κ2) is 7.02. The molecule has 1 unspecified atom stereocenters. The van der Waals surface area contributed by atoms with Gasteiger partial charge in [0.05, 0.1) is 9.95 Å². The fourth-order valence-corrected chi connectivity index (χ4v) is 4.07. The molecule has 1 saturated heterocycles. The number of hydrogen-bond donors (Lipinski definition) is 1. The van der Waals surface area contributed by atoms with E-state index in [2.05, 4.69) is 10.2 Å². The molecule has 2 aromatic rings. The van der Waals surface area contributed by atoms with E-state index in [0.29, 0.717) is 15.0 Å². The van der Waals surface area contributed by atoms with E-state index in [1.54, 1.807) is 6.08 Å². The van der Waals surface area contributed by atoms with Crippen LogP contribution in [0.4, 0.5) is 0 Å². The van der Waals surface area contributed by atoms with Crippen molar-refractivity contribution in [3.05, 3.63) is 63.0 Å². The first-order valence-corrected chi connectivity index (χ1v) is 8.88. The van der Waals surface area contributed by atoms with Crippen LogP contribution in [0.15, 0.2) is 47.4 Å². The molecule has 2 heterocycles. The molecule has 1 atom stereocenters. The molecule has 0 radical (unpaired) electrons. The highest BCUT2D eigenvalue weighted by molar-refractivity contribution is 8.18. The molecule has 1 aromatic heterocycles. The number of nitrogens with one attached hydrogen (secondary N) is 1. The topological polar surface area (TPSA) is 66.7 Å². The minimum atomic E-state index is -0.575. The van der Waals surface area contributed by atoms with Crippen LogP contribution in [-0.2, 0) is 11.2 Å². The summed E-state index contributed by atoms with van der Waals surface area (Å²) in [6.07, 6.45) is 6.36. The highest BCUT2D eigenvalue weighted by atomic mass is 32.2. The number of Topliss-reactive ketones (excluding diaryl/α,β-unsaturated/α-hetero) is 1. The van der Waals surface area contributed by atoms with Gasteiger partial charge in [0.2, 0.25) is 0 Å². The highest BCUT2D eigenvalue weighted by Crippen LogP contribution is 2.40. The normalized spacial score (nSPS) is 20.0. The van der Waals surface area contributed by atoms with Crippen molar-refractivity contribution in [3.8, 4) is 0 Å². The van der Waals surface area contributed by atoms with E-state index in [-0.39, 0.29) is 5.78 Å². The van der Waals surface area contributed by atoms with Crippen LogP contribution < -0.4 is 0 Å². The maximum absolute atomic E-state index is 12.5. The van der Waals surface area contributed by atoms with Gasteiger partial charge in [-0.2, -0.15) is 0 Å². The smallest absolute Gasteiger partial charge is 0.186 e. The summed E-state index contributed by atoms with van der Waals surface area (Å²) in [4.78, 5) is 13.1. The molecule has 3 rings (SSSR count). The van der Waals surface area contributed by atoms with Crippen molar-refractivity contribution in [2.45, 2.75) is 19.3 Å². The van der Waals surface area contributed by atoms with Gasteiger partial charge >= 0.3 is 0 Å². The molecule has 0 saturated carbocycles. The number of aromatic nitrogens is 2. The van der Waals surface area contributed by atoms with Gasteiger partial charge in [0.25, 0.3) is 0 Å². The monoisotopic (exact) mass is 341 g/mol. The Hall–Kier alpha value is -2.05. The van der Waals surface area contributed by atoms with Crippen molar-refractivity contribution in [3.63, 3.8) is 0 Å². The van der Waals surface area contributed by atoms with Crippen LogP contribution in [0.1, 0.15) is 28.4 Å². The Morgan fingerprint density at radius 3 is 2.74 bits per heavy atom. The van der Waals surface area contributed by atoms with Gasteiger partial charge in [-0.05, 0) is 18.1 Å². The Morgan fingerprint density at radius 1 is 1.26 bits per heavy atom. The summed E-state index contributed by atoms with van der Waals surface area (Å²) in [6.45, 7) is 2.00. The molecular formula is C17H15N3OS2. The van der Waals surface area contributed by atoms with Gasteiger partial charge in [-0.1, -0.05) is 61.2 Å². The van der Waals surface area contributed by atoms with E-state index in [1.807, 2.05) is 49.4 Å². The molecule has 1 fully saturated rings. The van der Waals surface area contributed by atoms with E-state index in [0.717, 1.165) is 17.0 Å². The SMILES string of the molecule is CCc1nnc(C2C(=N)SC(=CC=Cc3ccccc3)C2=O)s1. The molecule has 0 spiro atoms. The average Bonchev–Trinajstić information content (AvgIpc) is 3.13. The summed E-state index contributed by atoms with van der Waals surface area (Å²) >= 11 is 2.63. The van der Waals surface area contributed by atoms with Crippen LogP contribution in [0.2, 0.25) is 0 Å². The van der Waals surface area contributed by atoms with Gasteiger partial charge < -0.3 is 0 Å². The lowest BCUT2D eigenvalue weighted by Crippen LogP contribution is -2.11. The van der Waals surface area contributed by atoms with Crippen molar-refractivity contribution in [2.24, 2.45) is 0 Å². The van der Waals surface area contributed by atoms with Crippen molar-refractivity contribution in [1.29, 1.82) is 5.41 Å². The van der Waals surface area contributed by atoms with Crippen LogP contribution in [0.25, 0.3) is 6.08 Å². The number of carbonyl (C=O) groups is 1. The number of benzene rings is 1. The van der Waals surface area contributed by atoms with Crippen LogP contribution in [0.3, 0.4) is 0 Å². The molecule has 1 aliphatic rings. The fraction of sp³-hybridized carbons (Fsp3) is 0.176. The Bertz CT molecular complexity index is 793. The summed E-state index contributed by atoms with van der Waals surface area (Å²) < 4.78 is 0. The van der Waals surface area contributed by atoms with E-state index < -0.39 is 5.92 Å². The highest BCUT2D eigenvalue weighted by Gasteiger charge is 2.38. The Labute approximate surface area is 142 Å². The van der Waals surface area contributed by atoms with Gasteiger partial charge in [-0.15, -0.1) is 21.5 Å². The van der Waals surface area contributed by atoms with Gasteiger partial charge in [0, 0.05) is 0 Å². The molecular weight excluding hydrogens is 326 g/mol. The van der Waals surface area contributed by atoms with Crippen LogP contribution in [0.5, 0.6) is 0 Å². The van der Waals surface area contributed by atoms with Crippen LogP contribution >= 0.6 is 23.1 Å². The second-order valence-electron chi connectivity index (χ2n) is 4.95. The molecule has 116 valence electrons. The zero-order valence-electron chi connectivity index (χ0n) is 12.5. The van der Waals surface area contributed by atoms with Crippen LogP contribution in [-0.4, -0.2) is 21.0 Å². The van der Waals surface area contributed by atoms with Gasteiger partial charge in [0.15, 0.2) is 5.78 Å². The molecule has 0 aliphatic carbocycles. The maximum Gasteiger partial charge on any atom is 0.186 e. The molecule has 1 aliphatic heterocycles. The quantitative estimate of drug-likeness (QED) is 0.851. The minimum Gasteiger partial charge on any atom is -0.297 e. The Balaban J connectivity index is 1.78. The predicted octanol–water partition coefficient (Wildman–Crippen LogP) is 4.07. The number of hydrogen-bond acceptors (Lipinski definition) is 6. The fourth-order valence-electron chi connectivity index (χ4n) is 2.17. The number of ketones is 1. The summed E-state index contributed by atoms with van der Waals surface area (Å²) in [5.41, 5.74) is 1.07. The third kappa shape index (κ3) is 3.48. The van der Waals surface area contributed by atoms with E-state index in [1.165, 1.54) is 23.1 Å². The first-order chi connectivity index (χ1) is 11.2. The van der Waals surface area contributed by atoms with E-state index in [4.69, 9.17) is 5.41 Å². The third-order valence-electron chi connectivity index (χ3n) is 3.35. The van der Waals surface area contributed by atoms with Crippen molar-refractivity contribution in [2.75, 3.05) is 0 Å². The molecule has 1 aromatic carbocycles. The van der Waals surface area contributed by atoms with Crippen molar-refractivity contribution < 1.29 is 4.79 Å². The molecule has 1 N–H and O–H groups in total. The number of thioether (sulfide) groups is 1. The summed E-state index contributed by atoms with van der Waals surface area (Å²) in [5.74, 6) is -0.634. The number of nitrogens with zero attached hydrogens (tertiary/aromatic N) is 2. The molecule has 0 amide bonds. The predicted molar refractivity (Wildman–Crippen MR) is 95.9 cm³/mol. The minimum absolute atomic E-state index is 0.0588. The summed E-state index contributed by atoms with van der Waals surface area (Å²) in [7, 11) is 0. The van der Waals surface area contributed by atoms with E-state index >= 15 is 0 Å². The molecule has 23 heavy (non-hydrogen) atoms. The van der Waals surface area contributed by atoms with Gasteiger partial charge in [-0.3, -0.25) is 10.2 Å². The number of allylic oxidation sites excluding steroid dienone is 3. The lowest BCUT2D eigenvalue weighted by atomic mass is 10.1. The average molecular weight is 341 g/mol. The number of aryl methyl sites for hydroxylation is 1. The lowest BCUT2D eigenvalue weighted by molar-refractivity contribution is -0.114. The first kappa shape index (κ1) is 15.8. The Morgan fingerprint density at radius 2 is 2.04 bits per heavy atom. The number of rotatable bonds is 4. The Kier molecular flexibility index (Phi) is 4.83. The standard InChI is InChI=1S/C17H15N3OS2/c1-2-13-19-20-17(23-13)14-15(21)12(22-16(14)18)10-6-9-11-7-4-3-5-8-11/h3-10,14,18H,2H2,1H3. The second-order valence-corrected chi connectivity index (χ2v) is 7.13. The zero-order chi connectivity index (χ0) is 16.2. The molecule has 0 bridgehead atoms. The largest absolute Gasteiger partial charge is 0.297 e. The maximum atomic E-state index is 12.5. The van der Waals surface area contributed by atoms with Crippen molar-refractivity contribution in [1.82, 2.24) is 10.2 Å². The number of carbonyl (C=O) groups excluding carboxylic acids is 1. The van der Waals surface area contributed by atoms with Crippen LogP contribution in [0, 0.1) is 5.41 Å². The first-order valence-electron chi connectivity index (χ1n) is 7.25. The van der Waals surface area contributed by atoms with Crippen molar-refractivity contribution >= 4 is 40.0 Å². The summed E-state index contributed by atoms with van der Waals surface area (Å²) in [6, 6.07) is 9.89. The van der Waals surface area contributed by atoms with E-state index in [9.17, 15) is 4.79 Å². The summed E-state index contributed by atoms with van der Waals surface area (Å²) in [5, 5.41) is 18.1. The zero-order valence-corrected chi connectivity index (χ0v) is 14.2. The lowest BCUT2D eigenvalue weighted by Gasteiger charge is -2.00. The van der Waals surface area contributed by atoms with Gasteiger partial charge in [0.1, 0.15) is 15.9 Å².